The minimum atomic E-state index is -1.34. The fraction of sp³-hybridized carbons (Fsp3) is 0.432. The van der Waals surface area contributed by atoms with Gasteiger partial charge in [-0.25, -0.2) is 0 Å². The minimum Gasteiger partial charge on any atom is -0.508 e. The van der Waals surface area contributed by atoms with Gasteiger partial charge in [0.2, 0.25) is 41.4 Å². The predicted molar refractivity (Wildman–Crippen MR) is 220 cm³/mol. The molecule has 17 nitrogen and oxygen atoms in total. The number of rotatable bonds is 7. The quantitative estimate of drug-likeness (QED) is 0.164. The molecule has 3 aliphatic rings. The minimum absolute atomic E-state index is 0.0115. The highest BCUT2D eigenvalue weighted by atomic mass is 16.3. The molecule has 61 heavy (non-hydrogen) atoms. The lowest BCUT2D eigenvalue weighted by Gasteiger charge is -2.33. The number of hydrogen-bond donors (Lipinski definition) is 8. The maximum absolute atomic E-state index is 14.6. The van der Waals surface area contributed by atoms with Crippen LogP contribution in [0, 0.1) is 5.92 Å². The summed E-state index contributed by atoms with van der Waals surface area (Å²) in [4.78, 5) is 101. The first-order chi connectivity index (χ1) is 29.2. The number of nitrogens with one attached hydrogen (secondary N) is 5. The summed E-state index contributed by atoms with van der Waals surface area (Å²) in [6.07, 6.45) is 1.33. The van der Waals surface area contributed by atoms with Crippen molar-refractivity contribution < 1.29 is 48.9 Å². The zero-order chi connectivity index (χ0) is 43.8. The second kappa shape index (κ2) is 19.6. The van der Waals surface area contributed by atoms with Crippen LogP contribution in [0.15, 0.2) is 72.8 Å². The van der Waals surface area contributed by atoms with Crippen LogP contribution >= 0.6 is 0 Å². The Bertz CT molecular complexity index is 2090. The summed E-state index contributed by atoms with van der Waals surface area (Å²) < 4.78 is 0. The van der Waals surface area contributed by atoms with Crippen LogP contribution in [-0.2, 0) is 52.8 Å². The van der Waals surface area contributed by atoms with E-state index in [1.165, 1.54) is 46.2 Å². The summed E-state index contributed by atoms with van der Waals surface area (Å²) in [6.45, 7) is 3.41. The van der Waals surface area contributed by atoms with Crippen LogP contribution in [0.1, 0.15) is 56.2 Å². The molecule has 8 N–H and O–H groups in total. The van der Waals surface area contributed by atoms with Gasteiger partial charge in [-0.1, -0.05) is 50.2 Å². The highest BCUT2D eigenvalue weighted by Gasteiger charge is 2.43. The van der Waals surface area contributed by atoms with Crippen molar-refractivity contribution in [3.05, 3.63) is 89.5 Å². The summed E-state index contributed by atoms with van der Waals surface area (Å²) in [7, 11) is 0. The Balaban J connectivity index is 1.39. The van der Waals surface area contributed by atoms with E-state index in [2.05, 4.69) is 26.6 Å². The number of aromatic hydroxyl groups is 3. The molecule has 7 amide bonds. The Morgan fingerprint density at radius 1 is 0.525 bits per heavy atom. The Labute approximate surface area is 353 Å². The number of amides is 7. The molecule has 0 saturated carbocycles. The van der Waals surface area contributed by atoms with Gasteiger partial charge >= 0.3 is 0 Å². The van der Waals surface area contributed by atoms with Gasteiger partial charge in [0.25, 0.3) is 0 Å². The Morgan fingerprint density at radius 3 is 1.41 bits per heavy atom. The van der Waals surface area contributed by atoms with Crippen molar-refractivity contribution in [1.29, 1.82) is 0 Å². The summed E-state index contributed by atoms with van der Waals surface area (Å²) in [5, 5.41) is 43.5. The number of benzene rings is 3. The van der Waals surface area contributed by atoms with Crippen LogP contribution in [0.2, 0.25) is 0 Å². The van der Waals surface area contributed by atoms with E-state index in [9.17, 15) is 48.9 Å². The van der Waals surface area contributed by atoms with Gasteiger partial charge in [0.05, 0.1) is 6.54 Å². The molecule has 3 aromatic rings. The van der Waals surface area contributed by atoms with E-state index in [1.807, 2.05) is 0 Å². The molecule has 0 aliphatic carbocycles. The maximum Gasteiger partial charge on any atom is 0.246 e. The number of hydrogen-bond acceptors (Lipinski definition) is 10. The second-order valence-electron chi connectivity index (χ2n) is 16.2. The number of phenolic OH excluding ortho intramolecular Hbond substituents is 3. The smallest absolute Gasteiger partial charge is 0.246 e. The molecule has 3 fully saturated rings. The lowest BCUT2D eigenvalue weighted by Crippen LogP contribution is -2.60. The molecule has 3 aromatic carbocycles. The highest BCUT2D eigenvalue weighted by molar-refractivity contribution is 5.98. The highest BCUT2D eigenvalue weighted by Crippen LogP contribution is 2.24. The van der Waals surface area contributed by atoms with Gasteiger partial charge < -0.3 is 51.7 Å². The van der Waals surface area contributed by atoms with Crippen LogP contribution in [0.3, 0.4) is 0 Å². The molecular formula is C44H53N7O10. The van der Waals surface area contributed by atoms with Gasteiger partial charge in [-0.3, -0.25) is 33.6 Å². The molecule has 6 atom stereocenters. The van der Waals surface area contributed by atoms with Gasteiger partial charge in [-0.2, -0.15) is 0 Å². The molecule has 0 aromatic heterocycles. The third kappa shape index (κ3) is 11.1. The third-order valence-electron chi connectivity index (χ3n) is 11.4. The van der Waals surface area contributed by atoms with E-state index in [-0.39, 0.29) is 56.0 Å². The van der Waals surface area contributed by atoms with Crippen molar-refractivity contribution in [1.82, 2.24) is 36.4 Å². The van der Waals surface area contributed by atoms with Gasteiger partial charge in [-0.05, 0) is 84.7 Å². The summed E-state index contributed by atoms with van der Waals surface area (Å²) in [5.41, 5.74) is 1.67. The molecule has 6 rings (SSSR count). The zero-order valence-electron chi connectivity index (χ0n) is 34.1. The van der Waals surface area contributed by atoms with Crippen LogP contribution in [0.5, 0.6) is 17.2 Å². The van der Waals surface area contributed by atoms with E-state index < -0.39 is 90.1 Å². The summed E-state index contributed by atoms with van der Waals surface area (Å²) >= 11 is 0. The standard InChI is InChI=1S/C44H53N7O10/c1-25(2)38-44(61)51-20-3-5-35(51)41(58)45-24-37(55)46-32(21-26-7-13-29(52)14-8-26)39(56)47-33(22-27-9-15-30(53)16-10-27)40(57)48-34(23-28-11-17-31(54)18-12-28)43(60)50-19-4-6-36(50)42(59)49-38/h7-18,25,32-36,38,52-54H,3-6,19-24H2,1-2H3,(H,45,58)(H,46,55)(H,47,56)(H,48,57)(H,49,59)/t32-,33-,34-,35+,36+,38+/m1/s1. The normalized spacial score (nSPS) is 24.8. The lowest BCUT2D eigenvalue weighted by molar-refractivity contribution is -0.145. The molecule has 0 radical (unpaired) electrons. The Kier molecular flexibility index (Phi) is 14.1. The van der Waals surface area contributed by atoms with Gasteiger partial charge in [0.15, 0.2) is 0 Å². The molecule has 324 valence electrons. The number of carbonyl (C=O) groups is 7. The van der Waals surface area contributed by atoms with Gasteiger partial charge in [0.1, 0.15) is 53.5 Å². The van der Waals surface area contributed by atoms with Crippen molar-refractivity contribution in [2.45, 2.75) is 95.0 Å². The van der Waals surface area contributed by atoms with E-state index in [0.29, 0.717) is 36.0 Å². The van der Waals surface area contributed by atoms with E-state index in [0.717, 1.165) is 0 Å². The fourth-order valence-electron chi connectivity index (χ4n) is 8.04. The molecule has 3 saturated heterocycles. The van der Waals surface area contributed by atoms with E-state index in [4.69, 9.17) is 0 Å². The van der Waals surface area contributed by atoms with Crippen molar-refractivity contribution in [3.63, 3.8) is 0 Å². The van der Waals surface area contributed by atoms with Crippen LogP contribution < -0.4 is 26.6 Å². The average molecular weight is 840 g/mol. The zero-order valence-corrected chi connectivity index (χ0v) is 34.1. The van der Waals surface area contributed by atoms with Crippen LogP contribution in [0.25, 0.3) is 0 Å². The van der Waals surface area contributed by atoms with Crippen LogP contribution in [0.4, 0.5) is 0 Å². The number of phenols is 3. The third-order valence-corrected chi connectivity index (χ3v) is 11.4. The van der Waals surface area contributed by atoms with Gasteiger partial charge in [0, 0.05) is 32.4 Å². The Hall–Kier alpha value is -6.65. The van der Waals surface area contributed by atoms with E-state index >= 15 is 0 Å². The lowest BCUT2D eigenvalue weighted by atomic mass is 10.00. The first-order valence-electron chi connectivity index (χ1n) is 20.6. The molecular weight excluding hydrogens is 787 g/mol. The monoisotopic (exact) mass is 839 g/mol. The SMILES string of the molecule is CC(C)[C@@H]1NC(=O)[C@@H]2CCCN2C(=O)[C@@H](Cc2ccc(O)cc2)NC(=O)[C@@H](Cc2ccc(O)cc2)NC(=O)[C@@H](Cc2ccc(O)cc2)NC(=O)CNC(=O)[C@@H]2CCCN2C1=O. The molecule has 0 bridgehead atoms. The topological polar surface area (TPSA) is 247 Å². The first kappa shape index (κ1) is 43.9. The molecule has 0 spiro atoms. The van der Waals surface area contributed by atoms with Gasteiger partial charge in [-0.15, -0.1) is 0 Å². The van der Waals surface area contributed by atoms with Crippen LogP contribution in [-0.4, -0.2) is 122 Å². The first-order valence-corrected chi connectivity index (χ1v) is 20.6. The number of nitrogens with zero attached hydrogens (tertiary/aromatic N) is 2. The largest absolute Gasteiger partial charge is 0.508 e. The van der Waals surface area contributed by atoms with E-state index in [1.54, 1.807) is 50.2 Å². The Morgan fingerprint density at radius 2 is 0.934 bits per heavy atom. The summed E-state index contributed by atoms with van der Waals surface area (Å²) in [6, 6.07) is 11.2. The molecule has 3 heterocycles. The molecule has 0 unspecified atom stereocenters. The summed E-state index contributed by atoms with van der Waals surface area (Å²) in [5.74, 6) is -4.94. The van der Waals surface area contributed by atoms with Crippen molar-refractivity contribution >= 4 is 41.4 Å². The van der Waals surface area contributed by atoms with Crippen molar-refractivity contribution in [2.75, 3.05) is 19.6 Å². The maximum atomic E-state index is 14.6. The molecule has 3 aliphatic heterocycles. The predicted octanol–water partition coefficient (Wildman–Crippen LogP) is 0.538. The number of fused-ring (bicyclic) bond motifs is 2. The van der Waals surface area contributed by atoms with Crippen molar-refractivity contribution in [3.8, 4) is 17.2 Å². The number of carbonyl (C=O) groups excluding carboxylic acids is 7. The second-order valence-corrected chi connectivity index (χ2v) is 16.2. The average Bonchev–Trinajstić information content (AvgIpc) is 3.94. The fourth-order valence-corrected chi connectivity index (χ4v) is 8.04. The van der Waals surface area contributed by atoms with Crippen molar-refractivity contribution in [2.24, 2.45) is 5.92 Å². The molecule has 17 heteroatoms.